The van der Waals surface area contributed by atoms with Crippen LogP contribution >= 0.6 is 0 Å². The molecule has 5 heteroatoms. The second-order valence-electron chi connectivity index (χ2n) is 13.1. The zero-order chi connectivity index (χ0) is 23.5. The van der Waals surface area contributed by atoms with Crippen molar-refractivity contribution in [2.24, 2.45) is 46.3 Å². The molecule has 0 radical (unpaired) electrons. The number of fused-ring (bicyclic) bond motifs is 5. The monoisotopic (exact) mass is 452 g/mol. The van der Waals surface area contributed by atoms with Crippen molar-refractivity contribution in [1.29, 1.82) is 0 Å². The molecule has 12 atom stereocenters. The highest BCUT2D eigenvalue weighted by atomic mass is 16.3. The van der Waals surface area contributed by atoms with Gasteiger partial charge < -0.3 is 25.5 Å². The minimum Gasteiger partial charge on any atom is -0.393 e. The predicted octanol–water partition coefficient (Wildman–Crippen LogP) is 3.50. The molecule has 0 bridgehead atoms. The Morgan fingerprint density at radius 1 is 1.00 bits per heavy atom. The van der Waals surface area contributed by atoms with Crippen molar-refractivity contribution in [1.82, 2.24) is 0 Å². The highest BCUT2D eigenvalue weighted by Crippen LogP contribution is 2.68. The Labute approximate surface area is 194 Å². The summed E-state index contributed by atoms with van der Waals surface area (Å²) in [5, 5.41) is 52.7. The molecule has 0 aromatic carbocycles. The molecule has 5 nitrogen and oxygen atoms in total. The van der Waals surface area contributed by atoms with Crippen LogP contribution in [0.3, 0.4) is 0 Å². The molecule has 186 valence electrons. The van der Waals surface area contributed by atoms with Crippen LogP contribution in [0.4, 0.5) is 0 Å². The molecule has 4 fully saturated rings. The fourth-order valence-electron chi connectivity index (χ4n) is 9.22. The maximum absolute atomic E-state index is 11.6. The summed E-state index contributed by atoms with van der Waals surface area (Å²) in [7, 11) is 0. The van der Waals surface area contributed by atoms with E-state index in [2.05, 4.69) is 20.8 Å². The van der Waals surface area contributed by atoms with E-state index in [4.69, 9.17) is 0 Å². The standard InChI is InChI=1S/C27H48O5/c1-16(6-5-10-25(2,32)15-28)19-7-8-20-24-21(14-23(31)27(19,20)4)26(3)11-9-18(29)12-17(26)13-22(24)30/h16-24,28-32H,5-15H2,1-4H3/t16-,17+,18-,19-,20-,21+,22-,23+,24+,25+,26+,27-/m1/s1. The van der Waals surface area contributed by atoms with Crippen molar-refractivity contribution in [2.75, 3.05) is 6.61 Å². The Kier molecular flexibility index (Phi) is 6.84. The zero-order valence-corrected chi connectivity index (χ0v) is 20.7. The Morgan fingerprint density at radius 3 is 2.41 bits per heavy atom. The van der Waals surface area contributed by atoms with Crippen molar-refractivity contribution in [3.63, 3.8) is 0 Å². The lowest BCUT2D eigenvalue weighted by atomic mass is 9.43. The van der Waals surface area contributed by atoms with Crippen molar-refractivity contribution < 1.29 is 25.5 Å². The van der Waals surface area contributed by atoms with Gasteiger partial charge in [0.1, 0.15) is 0 Å². The van der Waals surface area contributed by atoms with Gasteiger partial charge in [-0.1, -0.05) is 33.6 Å². The van der Waals surface area contributed by atoms with Crippen LogP contribution in [0.2, 0.25) is 0 Å². The average molecular weight is 453 g/mol. The Hall–Kier alpha value is -0.200. The molecule has 4 saturated carbocycles. The SMILES string of the molecule is C[C@H](CCC[C@](C)(O)CO)[C@H]1CC[C@@H]2[C@@H]3[C@H](O)C[C@@H]4C[C@H](O)CC[C@]4(C)[C@H]3C[C@H](O)[C@@]21C. The molecular weight excluding hydrogens is 404 g/mol. The van der Waals surface area contributed by atoms with E-state index in [1.165, 1.54) is 0 Å². The summed E-state index contributed by atoms with van der Waals surface area (Å²) in [6, 6.07) is 0. The van der Waals surface area contributed by atoms with E-state index in [1.807, 2.05) is 0 Å². The van der Waals surface area contributed by atoms with Crippen molar-refractivity contribution >= 4 is 0 Å². The van der Waals surface area contributed by atoms with Crippen LogP contribution < -0.4 is 0 Å². The molecule has 5 N–H and O–H groups in total. The number of hydrogen-bond acceptors (Lipinski definition) is 5. The third-order valence-corrected chi connectivity index (χ3v) is 11.2. The minimum absolute atomic E-state index is 0.116. The zero-order valence-electron chi connectivity index (χ0n) is 20.7. The lowest BCUT2D eigenvalue weighted by Gasteiger charge is -2.63. The van der Waals surface area contributed by atoms with Crippen molar-refractivity contribution in [2.45, 2.75) is 116 Å². The first-order valence-corrected chi connectivity index (χ1v) is 13.3. The van der Waals surface area contributed by atoms with Crippen LogP contribution in [0.15, 0.2) is 0 Å². The third kappa shape index (κ3) is 3.98. The molecule has 32 heavy (non-hydrogen) atoms. The molecule has 0 heterocycles. The first-order valence-electron chi connectivity index (χ1n) is 13.3. The van der Waals surface area contributed by atoms with Gasteiger partial charge in [-0.15, -0.1) is 0 Å². The van der Waals surface area contributed by atoms with Gasteiger partial charge in [-0.25, -0.2) is 0 Å². The van der Waals surface area contributed by atoms with Gasteiger partial charge in [0.25, 0.3) is 0 Å². The van der Waals surface area contributed by atoms with Crippen LogP contribution in [0.25, 0.3) is 0 Å². The quantitative estimate of drug-likeness (QED) is 0.425. The normalized spacial score (nSPS) is 51.3. The molecule has 0 aliphatic heterocycles. The van der Waals surface area contributed by atoms with E-state index in [1.54, 1.807) is 6.92 Å². The molecule has 4 rings (SSSR count). The summed E-state index contributed by atoms with van der Waals surface area (Å²) in [5.41, 5.74) is -1.06. The Morgan fingerprint density at radius 2 is 1.72 bits per heavy atom. The van der Waals surface area contributed by atoms with Crippen LogP contribution in [-0.2, 0) is 0 Å². The largest absolute Gasteiger partial charge is 0.393 e. The summed E-state index contributed by atoms with van der Waals surface area (Å²) in [6.07, 6.45) is 7.96. The van der Waals surface area contributed by atoms with E-state index in [0.717, 1.165) is 57.8 Å². The molecule has 0 aromatic heterocycles. The summed E-state index contributed by atoms with van der Waals surface area (Å²) < 4.78 is 0. The first-order chi connectivity index (χ1) is 14.9. The van der Waals surface area contributed by atoms with Gasteiger partial charge in [-0.3, -0.25) is 0 Å². The number of aliphatic hydroxyl groups is 5. The van der Waals surface area contributed by atoms with Gasteiger partial charge in [-0.05, 0) is 105 Å². The molecule has 4 aliphatic carbocycles. The van der Waals surface area contributed by atoms with Gasteiger partial charge in [0.15, 0.2) is 0 Å². The summed E-state index contributed by atoms with van der Waals surface area (Å²) in [6.45, 7) is 8.45. The smallest absolute Gasteiger partial charge is 0.0849 e. The van der Waals surface area contributed by atoms with Crippen LogP contribution in [0.5, 0.6) is 0 Å². The van der Waals surface area contributed by atoms with E-state index < -0.39 is 5.60 Å². The first kappa shape index (κ1) is 24.9. The van der Waals surface area contributed by atoms with E-state index >= 15 is 0 Å². The average Bonchev–Trinajstić information content (AvgIpc) is 3.08. The van der Waals surface area contributed by atoms with Crippen molar-refractivity contribution in [3.05, 3.63) is 0 Å². The van der Waals surface area contributed by atoms with E-state index in [9.17, 15) is 25.5 Å². The van der Waals surface area contributed by atoms with Gasteiger partial charge >= 0.3 is 0 Å². The summed E-state index contributed by atoms with van der Waals surface area (Å²) in [4.78, 5) is 0. The molecule has 4 aliphatic rings. The maximum atomic E-state index is 11.6. The number of hydrogen-bond donors (Lipinski definition) is 5. The van der Waals surface area contributed by atoms with Crippen LogP contribution in [0.1, 0.15) is 91.9 Å². The number of aliphatic hydroxyl groups excluding tert-OH is 4. The molecule has 0 aromatic rings. The molecule has 0 saturated heterocycles. The predicted molar refractivity (Wildman–Crippen MR) is 125 cm³/mol. The molecular formula is C27H48O5. The van der Waals surface area contributed by atoms with Gasteiger partial charge in [-0.2, -0.15) is 0 Å². The Bertz CT molecular complexity index is 666. The lowest BCUT2D eigenvalue weighted by Crippen LogP contribution is -2.62. The minimum atomic E-state index is -1.01. The summed E-state index contributed by atoms with van der Waals surface area (Å²) in [5.74, 6) is 2.17. The lowest BCUT2D eigenvalue weighted by molar-refractivity contribution is -0.207. The molecule has 0 unspecified atom stereocenters. The third-order valence-electron chi connectivity index (χ3n) is 11.2. The highest BCUT2D eigenvalue weighted by molar-refractivity contribution is 5.14. The second-order valence-corrected chi connectivity index (χ2v) is 13.1. The van der Waals surface area contributed by atoms with E-state index in [0.29, 0.717) is 36.0 Å². The second kappa shape index (κ2) is 8.78. The highest BCUT2D eigenvalue weighted by Gasteiger charge is 2.65. The number of rotatable bonds is 6. The maximum Gasteiger partial charge on any atom is 0.0849 e. The fraction of sp³-hybridized carbons (Fsp3) is 1.00. The fourth-order valence-corrected chi connectivity index (χ4v) is 9.22. The van der Waals surface area contributed by atoms with Crippen LogP contribution in [0, 0.1) is 46.3 Å². The van der Waals surface area contributed by atoms with E-state index in [-0.39, 0.29) is 41.7 Å². The molecule has 0 spiro atoms. The topological polar surface area (TPSA) is 101 Å². The van der Waals surface area contributed by atoms with Crippen molar-refractivity contribution in [3.8, 4) is 0 Å². The van der Waals surface area contributed by atoms with Gasteiger partial charge in [0.05, 0.1) is 30.5 Å². The Balaban J connectivity index is 1.51. The van der Waals surface area contributed by atoms with Gasteiger partial charge in [0.2, 0.25) is 0 Å². The summed E-state index contributed by atoms with van der Waals surface area (Å²) >= 11 is 0. The van der Waals surface area contributed by atoms with Gasteiger partial charge in [0, 0.05) is 0 Å². The molecule has 0 amide bonds. The van der Waals surface area contributed by atoms with Crippen LogP contribution in [-0.4, -0.2) is 56.1 Å².